The molecule has 0 bridgehead atoms. The Morgan fingerprint density at radius 2 is 2.00 bits per heavy atom. The molecule has 2 aromatic rings. The molecule has 29 heavy (non-hydrogen) atoms. The van der Waals surface area contributed by atoms with Crippen molar-refractivity contribution in [3.8, 4) is 11.5 Å². The number of fused-ring (bicyclic) bond motifs is 1. The molecule has 1 fully saturated rings. The minimum Gasteiger partial charge on any atom is -0.490 e. The lowest BCUT2D eigenvalue weighted by Crippen LogP contribution is -2.33. The van der Waals surface area contributed by atoms with Gasteiger partial charge >= 0.3 is 0 Å². The lowest BCUT2D eigenvalue weighted by molar-refractivity contribution is -0.119. The van der Waals surface area contributed by atoms with Gasteiger partial charge in [-0.25, -0.2) is 0 Å². The Bertz CT molecular complexity index is 879. The van der Waals surface area contributed by atoms with Gasteiger partial charge in [0, 0.05) is 12.5 Å². The number of aryl methyl sites for hydroxylation is 1. The van der Waals surface area contributed by atoms with Crippen LogP contribution in [0.3, 0.4) is 0 Å². The van der Waals surface area contributed by atoms with Crippen molar-refractivity contribution in [3.63, 3.8) is 0 Å². The van der Waals surface area contributed by atoms with Crippen LogP contribution in [0.5, 0.6) is 11.5 Å². The molecular weight excluding hydrogens is 388 g/mol. The van der Waals surface area contributed by atoms with Gasteiger partial charge in [-0.1, -0.05) is 31.7 Å². The van der Waals surface area contributed by atoms with Crippen LogP contribution in [0, 0.1) is 12.8 Å². The highest BCUT2D eigenvalue weighted by Gasteiger charge is 2.29. The van der Waals surface area contributed by atoms with E-state index in [4.69, 9.17) is 9.47 Å². The maximum atomic E-state index is 12.7. The molecule has 0 spiro atoms. The van der Waals surface area contributed by atoms with Crippen LogP contribution in [0.4, 0.5) is 0 Å². The summed E-state index contributed by atoms with van der Waals surface area (Å²) in [6, 6.07) is 6.35. The monoisotopic (exact) mass is 416 g/mol. The van der Waals surface area contributed by atoms with E-state index in [-0.39, 0.29) is 17.9 Å². The Morgan fingerprint density at radius 1 is 1.24 bits per heavy atom. The van der Waals surface area contributed by atoms with Gasteiger partial charge in [-0.3, -0.25) is 4.79 Å². The number of amides is 1. The molecule has 156 valence electrons. The number of thioether (sulfide) groups is 1. The number of nitrogens with one attached hydrogen (secondary N) is 1. The van der Waals surface area contributed by atoms with Gasteiger partial charge in [-0.05, 0) is 43.4 Å². The normalized spacial score (nSPS) is 17.1. The maximum Gasteiger partial charge on any atom is 0.230 e. The number of benzene rings is 1. The van der Waals surface area contributed by atoms with Crippen molar-refractivity contribution >= 4 is 17.7 Å². The molecule has 1 saturated carbocycles. The van der Waals surface area contributed by atoms with Crippen LogP contribution in [0.1, 0.15) is 56.6 Å². The molecule has 1 amide bonds. The zero-order valence-corrected chi connectivity index (χ0v) is 18.0. The third-order valence-corrected chi connectivity index (χ3v) is 6.14. The number of hydrogen-bond donors (Lipinski definition) is 1. The average molecular weight is 417 g/mol. The van der Waals surface area contributed by atoms with E-state index in [0.717, 1.165) is 47.3 Å². The van der Waals surface area contributed by atoms with E-state index < -0.39 is 0 Å². The van der Waals surface area contributed by atoms with Crippen molar-refractivity contribution in [2.45, 2.75) is 57.3 Å². The second kappa shape index (κ2) is 8.65. The highest BCUT2D eigenvalue weighted by Crippen LogP contribution is 2.38. The third kappa shape index (κ3) is 4.69. The number of ether oxygens (including phenoxy) is 2. The molecule has 8 heteroatoms. The van der Waals surface area contributed by atoms with Crippen molar-refractivity contribution in [1.29, 1.82) is 0 Å². The van der Waals surface area contributed by atoms with E-state index in [2.05, 4.69) is 33.9 Å². The Labute approximate surface area is 175 Å². The first-order chi connectivity index (χ1) is 14.0. The van der Waals surface area contributed by atoms with Gasteiger partial charge in [-0.15, -0.1) is 10.2 Å². The Kier molecular flexibility index (Phi) is 5.99. The van der Waals surface area contributed by atoms with Gasteiger partial charge in [0.15, 0.2) is 16.7 Å². The zero-order chi connectivity index (χ0) is 20.4. The van der Waals surface area contributed by atoms with Gasteiger partial charge in [0.1, 0.15) is 5.82 Å². The predicted molar refractivity (Wildman–Crippen MR) is 112 cm³/mol. The average Bonchev–Trinajstić information content (AvgIpc) is 3.50. The number of carbonyl (C=O) groups is 1. The fraction of sp³-hybridized carbons (Fsp3) is 0.571. The number of hydrogen-bond acceptors (Lipinski definition) is 6. The summed E-state index contributed by atoms with van der Waals surface area (Å²) in [5.74, 6) is 2.99. The van der Waals surface area contributed by atoms with Crippen molar-refractivity contribution in [1.82, 2.24) is 20.1 Å². The van der Waals surface area contributed by atoms with Crippen LogP contribution in [0.15, 0.2) is 23.4 Å². The minimum absolute atomic E-state index is 0.0104. The fourth-order valence-electron chi connectivity index (χ4n) is 3.55. The second-order valence-electron chi connectivity index (χ2n) is 7.97. The van der Waals surface area contributed by atoms with E-state index in [1.54, 1.807) is 0 Å². The molecule has 0 radical (unpaired) electrons. The van der Waals surface area contributed by atoms with Crippen LogP contribution in [0.2, 0.25) is 0 Å². The molecular formula is C21H28N4O3S. The van der Waals surface area contributed by atoms with Gasteiger partial charge in [0.2, 0.25) is 5.91 Å². The van der Waals surface area contributed by atoms with Crippen molar-refractivity contribution in [2.75, 3.05) is 19.0 Å². The number of rotatable bonds is 7. The van der Waals surface area contributed by atoms with E-state index >= 15 is 0 Å². The summed E-state index contributed by atoms with van der Waals surface area (Å²) < 4.78 is 13.7. The number of aromatic nitrogens is 3. The molecule has 7 nitrogen and oxygen atoms in total. The van der Waals surface area contributed by atoms with Gasteiger partial charge in [-0.2, -0.15) is 0 Å². The first kappa shape index (κ1) is 20.1. The standard InChI is InChI=1S/C21H28N4O3S/c1-13(2)20(15-5-8-17-18(11-15)28-10-4-9-27-17)22-19(26)12-29-21-24-23-14(3)25(21)16-6-7-16/h5,8,11,13,16,20H,4,6-7,9-10,12H2,1-3H3,(H,22,26)/t20-/m1/s1. The maximum absolute atomic E-state index is 12.7. The molecule has 1 aromatic heterocycles. The van der Waals surface area contributed by atoms with Crippen LogP contribution < -0.4 is 14.8 Å². The summed E-state index contributed by atoms with van der Waals surface area (Å²) in [7, 11) is 0. The second-order valence-corrected chi connectivity index (χ2v) is 8.91. The molecule has 4 rings (SSSR count). The van der Waals surface area contributed by atoms with Crippen LogP contribution in [-0.4, -0.2) is 39.6 Å². The summed E-state index contributed by atoms with van der Waals surface area (Å²) in [4.78, 5) is 12.7. The largest absolute Gasteiger partial charge is 0.490 e. The SMILES string of the molecule is Cc1nnc(SCC(=O)N[C@@H](c2ccc3c(c2)OCCCO3)C(C)C)n1C1CC1. The fourth-order valence-corrected chi connectivity index (χ4v) is 4.42. The summed E-state index contributed by atoms with van der Waals surface area (Å²) in [5.41, 5.74) is 1.03. The lowest BCUT2D eigenvalue weighted by Gasteiger charge is -2.24. The number of nitrogens with zero attached hydrogens (tertiary/aromatic N) is 3. The zero-order valence-electron chi connectivity index (χ0n) is 17.2. The first-order valence-electron chi connectivity index (χ1n) is 10.3. The Balaban J connectivity index is 1.42. The van der Waals surface area contributed by atoms with Crippen LogP contribution in [0.25, 0.3) is 0 Å². The number of carbonyl (C=O) groups excluding carboxylic acids is 1. The van der Waals surface area contributed by atoms with Gasteiger partial charge in [0.25, 0.3) is 0 Å². The highest BCUT2D eigenvalue weighted by atomic mass is 32.2. The summed E-state index contributed by atoms with van der Waals surface area (Å²) in [6.07, 6.45) is 3.20. The third-order valence-electron chi connectivity index (χ3n) is 5.19. The summed E-state index contributed by atoms with van der Waals surface area (Å²) >= 11 is 1.45. The van der Waals surface area contributed by atoms with E-state index in [1.807, 2.05) is 25.1 Å². The smallest absolute Gasteiger partial charge is 0.230 e. The highest BCUT2D eigenvalue weighted by molar-refractivity contribution is 7.99. The molecule has 0 saturated heterocycles. The molecule has 1 aliphatic heterocycles. The van der Waals surface area contributed by atoms with Crippen molar-refractivity contribution in [3.05, 3.63) is 29.6 Å². The van der Waals surface area contributed by atoms with E-state index in [1.165, 1.54) is 11.8 Å². The van der Waals surface area contributed by atoms with Gasteiger partial charge < -0.3 is 19.4 Å². The van der Waals surface area contributed by atoms with E-state index in [9.17, 15) is 4.79 Å². The molecule has 0 unspecified atom stereocenters. The molecule has 1 atom stereocenters. The quantitative estimate of drug-likeness (QED) is 0.694. The molecule has 1 aliphatic carbocycles. The van der Waals surface area contributed by atoms with E-state index in [0.29, 0.717) is 25.0 Å². The minimum atomic E-state index is -0.0942. The predicted octanol–water partition coefficient (Wildman–Crippen LogP) is 3.69. The van der Waals surface area contributed by atoms with Crippen LogP contribution in [-0.2, 0) is 4.79 Å². The molecule has 1 aromatic carbocycles. The van der Waals surface area contributed by atoms with Crippen molar-refractivity contribution < 1.29 is 14.3 Å². The Hall–Kier alpha value is -2.22. The summed E-state index contributed by atoms with van der Waals surface area (Å²) in [6.45, 7) is 7.49. The molecule has 2 aliphatic rings. The van der Waals surface area contributed by atoms with Crippen LogP contribution >= 0.6 is 11.8 Å². The molecule has 1 N–H and O–H groups in total. The molecule has 2 heterocycles. The first-order valence-corrected chi connectivity index (χ1v) is 11.2. The topological polar surface area (TPSA) is 78.3 Å². The lowest BCUT2D eigenvalue weighted by atomic mass is 9.95. The van der Waals surface area contributed by atoms with Crippen molar-refractivity contribution in [2.24, 2.45) is 5.92 Å². The summed E-state index contributed by atoms with van der Waals surface area (Å²) in [5, 5.41) is 12.4. The van der Waals surface area contributed by atoms with Gasteiger partial charge in [0.05, 0.1) is 25.0 Å². The Morgan fingerprint density at radius 3 is 2.72 bits per heavy atom.